The molecule has 2 heterocycles. The van der Waals surface area contributed by atoms with Gasteiger partial charge in [0.1, 0.15) is 6.10 Å². The summed E-state index contributed by atoms with van der Waals surface area (Å²) in [6.07, 6.45) is 5.10. The molecule has 140 valence electrons. The molecule has 2 atom stereocenters. The highest BCUT2D eigenvalue weighted by Crippen LogP contribution is 2.27. The van der Waals surface area contributed by atoms with E-state index < -0.39 is 0 Å². The van der Waals surface area contributed by atoms with Gasteiger partial charge in [0, 0.05) is 31.9 Å². The van der Waals surface area contributed by atoms with Crippen LogP contribution in [0.5, 0.6) is 0 Å². The van der Waals surface area contributed by atoms with Gasteiger partial charge < -0.3 is 14.8 Å². The SMILES string of the molecule is Cc1nn(CCC(=O)N[C@@H]2CCOC[C@H]2OCC2CCC2)c(C)c1C. The number of aromatic nitrogens is 2. The number of amides is 1. The van der Waals surface area contributed by atoms with Crippen LogP contribution in [0.1, 0.15) is 49.1 Å². The minimum absolute atomic E-state index is 0.0192. The summed E-state index contributed by atoms with van der Waals surface area (Å²) < 4.78 is 13.5. The van der Waals surface area contributed by atoms with Gasteiger partial charge in [-0.2, -0.15) is 5.10 Å². The van der Waals surface area contributed by atoms with Crippen LogP contribution in [0, 0.1) is 26.7 Å². The highest BCUT2D eigenvalue weighted by atomic mass is 16.5. The highest BCUT2D eigenvalue weighted by Gasteiger charge is 2.29. The molecule has 1 aliphatic carbocycles. The zero-order valence-corrected chi connectivity index (χ0v) is 15.7. The summed E-state index contributed by atoms with van der Waals surface area (Å²) in [4.78, 5) is 12.4. The molecule has 1 saturated heterocycles. The first-order valence-corrected chi connectivity index (χ1v) is 9.54. The number of nitrogens with one attached hydrogen (secondary N) is 1. The van der Waals surface area contributed by atoms with Gasteiger partial charge in [0.15, 0.2) is 0 Å². The first kappa shape index (κ1) is 18.4. The van der Waals surface area contributed by atoms with E-state index >= 15 is 0 Å². The molecule has 0 radical (unpaired) electrons. The van der Waals surface area contributed by atoms with E-state index in [-0.39, 0.29) is 18.1 Å². The number of nitrogens with zero attached hydrogens (tertiary/aromatic N) is 2. The largest absolute Gasteiger partial charge is 0.379 e. The monoisotopic (exact) mass is 349 g/mol. The van der Waals surface area contributed by atoms with E-state index in [4.69, 9.17) is 9.47 Å². The molecule has 6 heteroatoms. The van der Waals surface area contributed by atoms with Gasteiger partial charge in [-0.25, -0.2) is 0 Å². The van der Waals surface area contributed by atoms with Crippen LogP contribution in [-0.2, 0) is 20.8 Å². The second-order valence-electron chi connectivity index (χ2n) is 7.48. The third-order valence-electron chi connectivity index (χ3n) is 5.72. The van der Waals surface area contributed by atoms with Crippen LogP contribution < -0.4 is 5.32 Å². The Labute approximate surface area is 150 Å². The van der Waals surface area contributed by atoms with Crippen LogP contribution in [-0.4, -0.2) is 47.7 Å². The molecule has 1 aromatic heterocycles. The van der Waals surface area contributed by atoms with Crippen molar-refractivity contribution in [1.82, 2.24) is 15.1 Å². The van der Waals surface area contributed by atoms with Gasteiger partial charge >= 0.3 is 0 Å². The minimum Gasteiger partial charge on any atom is -0.379 e. The molecule has 1 saturated carbocycles. The van der Waals surface area contributed by atoms with Crippen LogP contribution in [0.15, 0.2) is 0 Å². The van der Waals surface area contributed by atoms with E-state index in [2.05, 4.69) is 24.3 Å². The molecule has 0 aromatic carbocycles. The summed E-state index contributed by atoms with van der Waals surface area (Å²) in [6.45, 7) is 8.80. The van der Waals surface area contributed by atoms with Crippen LogP contribution in [0.25, 0.3) is 0 Å². The molecule has 0 spiro atoms. The second-order valence-corrected chi connectivity index (χ2v) is 7.48. The van der Waals surface area contributed by atoms with Gasteiger partial charge in [-0.3, -0.25) is 9.48 Å². The number of rotatable bonds is 7. The fourth-order valence-corrected chi connectivity index (χ4v) is 3.45. The van der Waals surface area contributed by atoms with E-state index in [0.717, 1.165) is 24.4 Å². The van der Waals surface area contributed by atoms with Crippen LogP contribution in [0.4, 0.5) is 0 Å². The van der Waals surface area contributed by atoms with Gasteiger partial charge in [0.05, 0.1) is 18.3 Å². The zero-order chi connectivity index (χ0) is 17.8. The second kappa shape index (κ2) is 8.32. The number of ether oxygens (including phenoxy) is 2. The normalized spacial score (nSPS) is 24.1. The molecule has 1 aliphatic heterocycles. The maximum Gasteiger partial charge on any atom is 0.222 e. The Morgan fingerprint density at radius 1 is 1.32 bits per heavy atom. The van der Waals surface area contributed by atoms with Crippen molar-refractivity contribution in [2.75, 3.05) is 19.8 Å². The van der Waals surface area contributed by atoms with Crippen molar-refractivity contribution >= 4 is 5.91 Å². The third-order valence-corrected chi connectivity index (χ3v) is 5.72. The quantitative estimate of drug-likeness (QED) is 0.820. The maximum absolute atomic E-state index is 12.4. The van der Waals surface area contributed by atoms with Crippen molar-refractivity contribution < 1.29 is 14.3 Å². The van der Waals surface area contributed by atoms with Gasteiger partial charge in [0.25, 0.3) is 0 Å². The molecule has 2 aliphatic rings. The lowest BCUT2D eigenvalue weighted by molar-refractivity contribution is -0.127. The topological polar surface area (TPSA) is 65.4 Å². The van der Waals surface area contributed by atoms with E-state index in [1.54, 1.807) is 0 Å². The number of hydrogen-bond acceptors (Lipinski definition) is 4. The average molecular weight is 349 g/mol. The molecule has 0 unspecified atom stereocenters. The Morgan fingerprint density at radius 2 is 2.12 bits per heavy atom. The third kappa shape index (κ3) is 4.61. The molecule has 6 nitrogen and oxygen atoms in total. The van der Waals surface area contributed by atoms with E-state index in [1.165, 1.54) is 24.8 Å². The fourth-order valence-electron chi connectivity index (χ4n) is 3.45. The molecular weight excluding hydrogens is 318 g/mol. The molecule has 0 bridgehead atoms. The van der Waals surface area contributed by atoms with Gasteiger partial charge in [-0.1, -0.05) is 6.42 Å². The van der Waals surface area contributed by atoms with Gasteiger partial charge in [-0.15, -0.1) is 0 Å². The standard InChI is InChI=1S/C19H31N3O3/c1-13-14(2)21-22(15(13)3)9-7-19(23)20-17-8-10-24-12-18(17)25-11-16-5-4-6-16/h16-18H,4-12H2,1-3H3,(H,20,23)/t17-,18-/m1/s1. The van der Waals surface area contributed by atoms with Crippen molar-refractivity contribution in [1.29, 1.82) is 0 Å². The maximum atomic E-state index is 12.4. The summed E-state index contributed by atoms with van der Waals surface area (Å²) >= 11 is 0. The predicted molar refractivity (Wildman–Crippen MR) is 95.5 cm³/mol. The molecule has 25 heavy (non-hydrogen) atoms. The Morgan fingerprint density at radius 3 is 2.76 bits per heavy atom. The van der Waals surface area contributed by atoms with Crippen molar-refractivity contribution in [3.63, 3.8) is 0 Å². The number of carbonyl (C=O) groups is 1. The van der Waals surface area contributed by atoms with Crippen LogP contribution in [0.2, 0.25) is 0 Å². The van der Waals surface area contributed by atoms with Gasteiger partial charge in [0.2, 0.25) is 5.91 Å². The fraction of sp³-hybridized carbons (Fsp3) is 0.789. The van der Waals surface area contributed by atoms with Crippen LogP contribution >= 0.6 is 0 Å². The van der Waals surface area contributed by atoms with E-state index in [0.29, 0.717) is 32.1 Å². The van der Waals surface area contributed by atoms with E-state index in [9.17, 15) is 4.79 Å². The minimum atomic E-state index is -0.0192. The van der Waals surface area contributed by atoms with Crippen molar-refractivity contribution in [2.45, 2.75) is 71.6 Å². The lowest BCUT2D eigenvalue weighted by Crippen LogP contribution is -2.50. The Hall–Kier alpha value is -1.40. The Balaban J connectivity index is 1.46. The van der Waals surface area contributed by atoms with Gasteiger partial charge in [-0.05, 0) is 51.5 Å². The number of aryl methyl sites for hydroxylation is 2. The first-order valence-electron chi connectivity index (χ1n) is 9.54. The predicted octanol–water partition coefficient (Wildman–Crippen LogP) is 2.29. The smallest absolute Gasteiger partial charge is 0.222 e. The van der Waals surface area contributed by atoms with E-state index in [1.807, 2.05) is 11.6 Å². The van der Waals surface area contributed by atoms with Crippen molar-refractivity contribution in [2.24, 2.45) is 5.92 Å². The Bertz CT molecular complexity index is 595. The summed E-state index contributed by atoms with van der Waals surface area (Å²) in [5, 5.41) is 7.65. The molecular formula is C19H31N3O3. The molecule has 1 N–H and O–H groups in total. The Kier molecular flexibility index (Phi) is 6.12. The molecule has 1 amide bonds. The molecule has 2 fully saturated rings. The molecule has 3 rings (SSSR count). The highest BCUT2D eigenvalue weighted by molar-refractivity contribution is 5.76. The lowest BCUT2D eigenvalue weighted by atomic mass is 9.86. The summed E-state index contributed by atoms with van der Waals surface area (Å²) in [5.74, 6) is 0.766. The summed E-state index contributed by atoms with van der Waals surface area (Å²) in [7, 11) is 0. The summed E-state index contributed by atoms with van der Waals surface area (Å²) in [5.41, 5.74) is 3.37. The van der Waals surface area contributed by atoms with Crippen LogP contribution in [0.3, 0.4) is 0 Å². The van der Waals surface area contributed by atoms with Crippen molar-refractivity contribution in [3.8, 4) is 0 Å². The molecule has 1 aromatic rings. The number of carbonyl (C=O) groups excluding carboxylic acids is 1. The lowest BCUT2D eigenvalue weighted by Gasteiger charge is -2.34. The van der Waals surface area contributed by atoms with Crippen molar-refractivity contribution in [3.05, 3.63) is 17.0 Å². The summed E-state index contributed by atoms with van der Waals surface area (Å²) in [6, 6.07) is 0.0588. The number of hydrogen-bond donors (Lipinski definition) is 1. The average Bonchev–Trinajstić information content (AvgIpc) is 2.80. The first-order chi connectivity index (χ1) is 12.0. The zero-order valence-electron chi connectivity index (χ0n) is 15.7.